The molecule has 2 N–H and O–H groups in total. The van der Waals surface area contributed by atoms with E-state index in [9.17, 15) is 36.2 Å². The van der Waals surface area contributed by atoms with Crippen LogP contribution in [0.1, 0.15) is 49.3 Å². The van der Waals surface area contributed by atoms with Crippen LogP contribution in [0.25, 0.3) is 11.1 Å². The van der Waals surface area contributed by atoms with E-state index in [0.717, 1.165) is 67.4 Å². The number of piperidine rings is 1. The number of anilines is 1. The van der Waals surface area contributed by atoms with Crippen LogP contribution in [0.3, 0.4) is 0 Å². The summed E-state index contributed by atoms with van der Waals surface area (Å²) in [6.07, 6.45) is -4.22. The molecule has 1 saturated heterocycles. The van der Waals surface area contributed by atoms with Gasteiger partial charge in [-0.1, -0.05) is 18.2 Å². The smallest absolute Gasteiger partial charge is 0.490 e. The minimum atomic E-state index is -5.08. The summed E-state index contributed by atoms with van der Waals surface area (Å²) in [4.78, 5) is 26.1. The number of carbonyl (C=O) groups is 2. The zero-order valence-electron chi connectivity index (χ0n) is 25.4. The number of ether oxygens (including phenoxy) is 2. The number of hydrogen-bond acceptors (Lipinski definition) is 6. The van der Waals surface area contributed by atoms with Gasteiger partial charge in [0.05, 0.1) is 20.1 Å². The highest BCUT2D eigenvalue weighted by Gasteiger charge is 2.38. The Labute approximate surface area is 266 Å². The van der Waals surface area contributed by atoms with Crippen molar-refractivity contribution in [3.05, 3.63) is 72.1 Å². The van der Waals surface area contributed by atoms with E-state index in [1.165, 1.54) is 12.3 Å². The van der Waals surface area contributed by atoms with E-state index in [0.29, 0.717) is 29.8 Å². The highest BCUT2D eigenvalue weighted by Crippen LogP contribution is 2.45. The lowest BCUT2D eigenvalue weighted by Gasteiger charge is -2.35. The lowest BCUT2D eigenvalue weighted by atomic mass is 9.91. The number of halogens is 6. The van der Waals surface area contributed by atoms with E-state index in [2.05, 4.69) is 9.88 Å². The fourth-order valence-electron chi connectivity index (χ4n) is 5.50. The molecule has 0 amide bonds. The molecule has 254 valence electrons. The second kappa shape index (κ2) is 14.9. The van der Waals surface area contributed by atoms with Crippen LogP contribution in [0, 0.1) is 11.8 Å². The normalized spacial score (nSPS) is 16.1. The first-order valence-electron chi connectivity index (χ1n) is 14.9. The number of rotatable bonds is 10. The fourth-order valence-corrected chi connectivity index (χ4v) is 5.50. The molecule has 8 nitrogen and oxygen atoms in total. The topological polar surface area (TPSA) is 109 Å². The number of carboxylic acids is 2. The number of nitrogens with zero attached hydrogens (tertiary/aromatic N) is 2. The average molecular weight is 669 g/mol. The van der Waals surface area contributed by atoms with Gasteiger partial charge in [-0.05, 0) is 79.3 Å². The van der Waals surface area contributed by atoms with Gasteiger partial charge in [-0.3, -0.25) is 9.78 Å². The molecule has 0 bridgehead atoms. The number of benzene rings is 2. The second-order valence-corrected chi connectivity index (χ2v) is 11.5. The van der Waals surface area contributed by atoms with Gasteiger partial charge in [0.15, 0.2) is 0 Å². The van der Waals surface area contributed by atoms with Crippen molar-refractivity contribution >= 4 is 17.6 Å². The average Bonchev–Trinajstić information content (AvgIpc) is 3.88. The Balaban J connectivity index is 0.000000644. The first-order chi connectivity index (χ1) is 22.2. The Morgan fingerprint density at radius 3 is 2.15 bits per heavy atom. The molecule has 2 aliphatic rings. The monoisotopic (exact) mass is 668 g/mol. The summed E-state index contributed by atoms with van der Waals surface area (Å²) < 4.78 is 82.4. The molecule has 1 atom stereocenters. The Hall–Kier alpha value is -4.49. The van der Waals surface area contributed by atoms with Gasteiger partial charge in [0, 0.05) is 42.2 Å². The SMILES string of the molecule is COc1ccc(-c2ccc(C(F)(F)F)nc2)c(N2CCC(COc3cccc([C@@H](CC(=O)O)C4CC4)c3)CC2)c1.O=C(O)C(F)(F)F. The number of hydrogen-bond donors (Lipinski definition) is 2. The van der Waals surface area contributed by atoms with Crippen LogP contribution >= 0.6 is 0 Å². The highest BCUT2D eigenvalue weighted by atomic mass is 19.4. The molecule has 2 heterocycles. The molecule has 47 heavy (non-hydrogen) atoms. The van der Waals surface area contributed by atoms with Crippen LogP contribution in [0.2, 0.25) is 0 Å². The van der Waals surface area contributed by atoms with E-state index in [4.69, 9.17) is 19.4 Å². The zero-order valence-corrected chi connectivity index (χ0v) is 25.4. The molecule has 1 aliphatic heterocycles. The molecule has 0 radical (unpaired) electrons. The van der Waals surface area contributed by atoms with Gasteiger partial charge in [-0.15, -0.1) is 0 Å². The minimum absolute atomic E-state index is 0.0289. The summed E-state index contributed by atoms with van der Waals surface area (Å²) in [5.74, 6) is -1.27. The van der Waals surface area contributed by atoms with Crippen molar-refractivity contribution in [1.82, 2.24) is 4.98 Å². The number of methoxy groups -OCH3 is 1. The molecule has 1 aromatic heterocycles. The Kier molecular flexibility index (Phi) is 11.2. The lowest BCUT2D eigenvalue weighted by molar-refractivity contribution is -0.192. The number of aromatic nitrogens is 1. The Morgan fingerprint density at radius 1 is 0.936 bits per heavy atom. The third kappa shape index (κ3) is 10.00. The largest absolute Gasteiger partial charge is 0.497 e. The van der Waals surface area contributed by atoms with Gasteiger partial charge in [0.2, 0.25) is 0 Å². The zero-order chi connectivity index (χ0) is 34.4. The molecule has 1 aliphatic carbocycles. The van der Waals surface area contributed by atoms with E-state index >= 15 is 0 Å². The van der Waals surface area contributed by atoms with Crippen LogP contribution in [0.4, 0.5) is 32.0 Å². The molecular formula is C33H34F6N2O6. The van der Waals surface area contributed by atoms with Crippen molar-refractivity contribution in [3.63, 3.8) is 0 Å². The number of aliphatic carboxylic acids is 2. The van der Waals surface area contributed by atoms with Gasteiger partial charge in [0.1, 0.15) is 17.2 Å². The second-order valence-electron chi connectivity index (χ2n) is 11.5. The maximum atomic E-state index is 13.0. The number of carboxylic acid groups (broad SMARTS) is 2. The predicted molar refractivity (Wildman–Crippen MR) is 160 cm³/mol. The third-order valence-electron chi connectivity index (χ3n) is 8.13. The fraction of sp³-hybridized carbons (Fsp3) is 0.424. The predicted octanol–water partition coefficient (Wildman–Crippen LogP) is 7.67. The summed E-state index contributed by atoms with van der Waals surface area (Å²) in [6.45, 7) is 2.10. The molecule has 0 spiro atoms. The molecule has 14 heteroatoms. The summed E-state index contributed by atoms with van der Waals surface area (Å²) in [5, 5.41) is 16.5. The van der Waals surface area contributed by atoms with Crippen LogP contribution < -0.4 is 14.4 Å². The van der Waals surface area contributed by atoms with Gasteiger partial charge >= 0.3 is 24.3 Å². The standard InChI is InChI=1S/C31H33F3N2O4.C2HF3O2/c1-39-24-8-9-26(23-7-10-29(35-18-23)31(32,33)34)28(16-24)36-13-11-20(12-14-36)19-40-25-4-2-3-22(15-25)27(17-30(37)38)21-5-6-21;3-2(4,5)1(6)7/h2-4,7-10,15-16,18,20-21,27H,5-6,11-14,17,19H2,1H3,(H,37,38);(H,6,7)/t27-;/m0./s1. The number of pyridine rings is 1. The van der Waals surface area contributed by atoms with Crippen molar-refractivity contribution < 1.29 is 55.6 Å². The summed E-state index contributed by atoms with van der Waals surface area (Å²) in [7, 11) is 1.59. The van der Waals surface area contributed by atoms with Crippen molar-refractivity contribution in [2.75, 3.05) is 31.7 Å². The number of alkyl halides is 6. The maximum Gasteiger partial charge on any atom is 0.490 e. The molecule has 0 unspecified atom stereocenters. The van der Waals surface area contributed by atoms with Crippen LogP contribution in [0.15, 0.2) is 60.8 Å². The summed E-state index contributed by atoms with van der Waals surface area (Å²) >= 11 is 0. The first-order valence-corrected chi connectivity index (χ1v) is 14.9. The minimum Gasteiger partial charge on any atom is -0.497 e. The molecule has 2 fully saturated rings. The van der Waals surface area contributed by atoms with E-state index in [1.807, 2.05) is 36.4 Å². The van der Waals surface area contributed by atoms with Gasteiger partial charge in [-0.25, -0.2) is 4.79 Å². The molecule has 1 saturated carbocycles. The van der Waals surface area contributed by atoms with Crippen LogP contribution in [0.5, 0.6) is 11.5 Å². The summed E-state index contributed by atoms with van der Waals surface area (Å²) in [6, 6.07) is 15.9. The van der Waals surface area contributed by atoms with Crippen molar-refractivity contribution in [2.45, 2.75) is 50.4 Å². The van der Waals surface area contributed by atoms with E-state index in [-0.39, 0.29) is 12.3 Å². The molecule has 5 rings (SSSR count). The van der Waals surface area contributed by atoms with E-state index < -0.39 is 30.0 Å². The quantitative estimate of drug-likeness (QED) is 0.212. The highest BCUT2D eigenvalue weighted by molar-refractivity contribution is 5.79. The summed E-state index contributed by atoms with van der Waals surface area (Å²) in [5.41, 5.74) is 2.43. The molecule has 3 aromatic rings. The van der Waals surface area contributed by atoms with Crippen LogP contribution in [-0.4, -0.2) is 60.1 Å². The van der Waals surface area contributed by atoms with Crippen molar-refractivity contribution in [2.24, 2.45) is 11.8 Å². The molecule has 2 aromatic carbocycles. The van der Waals surface area contributed by atoms with Crippen LogP contribution in [-0.2, 0) is 15.8 Å². The Morgan fingerprint density at radius 2 is 1.62 bits per heavy atom. The first kappa shape index (κ1) is 35.4. The van der Waals surface area contributed by atoms with Crippen molar-refractivity contribution in [1.29, 1.82) is 0 Å². The Bertz CT molecular complexity index is 1520. The van der Waals surface area contributed by atoms with Gasteiger partial charge in [0.25, 0.3) is 0 Å². The van der Waals surface area contributed by atoms with Crippen molar-refractivity contribution in [3.8, 4) is 22.6 Å². The molecular weight excluding hydrogens is 634 g/mol. The van der Waals surface area contributed by atoms with E-state index in [1.54, 1.807) is 13.2 Å². The maximum absolute atomic E-state index is 13.0. The van der Waals surface area contributed by atoms with Gasteiger partial charge in [-0.2, -0.15) is 26.3 Å². The third-order valence-corrected chi connectivity index (χ3v) is 8.13. The lowest BCUT2D eigenvalue weighted by Crippen LogP contribution is -2.35. The van der Waals surface area contributed by atoms with Gasteiger partial charge < -0.3 is 24.6 Å².